The Morgan fingerprint density at radius 2 is 0.500 bits per heavy atom. The third kappa shape index (κ3) is 8.85. The van der Waals surface area contributed by atoms with Gasteiger partial charge in [0.05, 0.1) is 0 Å². The van der Waals surface area contributed by atoms with Crippen molar-refractivity contribution in [2.45, 2.75) is 105 Å². The Bertz CT molecular complexity index is 2520. The number of fused-ring (bicyclic) bond motifs is 2. The Morgan fingerprint density at radius 3 is 0.742 bits per heavy atom. The van der Waals surface area contributed by atoms with Gasteiger partial charge in [-0.25, -0.2) is 0 Å². The molecule has 8 rings (SSSR count). The van der Waals surface area contributed by atoms with Gasteiger partial charge in [0.2, 0.25) is 0 Å². The first-order valence-corrected chi connectivity index (χ1v) is 25.0. The van der Waals surface area contributed by atoms with Gasteiger partial charge in [0.1, 0.15) is 0 Å². The van der Waals surface area contributed by atoms with Crippen molar-refractivity contribution in [3.8, 4) is 11.1 Å². The Kier molecular flexibility index (Phi) is 11.8. The average molecular weight is 847 g/mol. The number of benzene rings is 8. The normalized spacial score (nSPS) is 12.8. The van der Waals surface area contributed by atoms with Gasteiger partial charge in [-0.2, -0.15) is 0 Å². The molecule has 8 aromatic rings. The Labute approximate surface area is 375 Å². The molecule has 0 atom stereocenters. The van der Waals surface area contributed by atoms with Crippen molar-refractivity contribution in [2.75, 3.05) is 0 Å². The molecule has 0 aliphatic rings. The first-order valence-electron chi connectivity index (χ1n) is 22.4. The molecule has 0 aromatic heterocycles. The minimum atomic E-state index is -0.983. The molecule has 0 saturated heterocycles. The maximum atomic E-state index is 2.47. The van der Waals surface area contributed by atoms with Crippen LogP contribution >= 0.6 is 15.8 Å². The van der Waals surface area contributed by atoms with Crippen LogP contribution in [0.3, 0.4) is 0 Å². The highest BCUT2D eigenvalue weighted by Gasteiger charge is 2.30. The average Bonchev–Trinajstić information content (AvgIpc) is 3.23. The maximum Gasteiger partial charge on any atom is -0.000884 e. The van der Waals surface area contributed by atoms with Crippen LogP contribution in [-0.2, 0) is 21.7 Å². The van der Waals surface area contributed by atoms with Crippen molar-refractivity contribution in [1.82, 2.24) is 0 Å². The van der Waals surface area contributed by atoms with E-state index in [0.717, 1.165) is 0 Å². The van der Waals surface area contributed by atoms with E-state index in [4.69, 9.17) is 0 Å². The molecule has 0 N–H and O–H groups in total. The molecule has 0 radical (unpaired) electrons. The molecular formula is C60H64P2. The second-order valence-corrected chi connectivity index (χ2v) is 25.6. The van der Waals surface area contributed by atoms with Crippen LogP contribution in [0.25, 0.3) is 32.7 Å². The summed E-state index contributed by atoms with van der Waals surface area (Å²) in [6, 6.07) is 66.3. The molecule has 0 spiro atoms. The summed E-state index contributed by atoms with van der Waals surface area (Å²) < 4.78 is 0. The van der Waals surface area contributed by atoms with E-state index in [-0.39, 0.29) is 21.7 Å². The van der Waals surface area contributed by atoms with Crippen LogP contribution in [-0.4, -0.2) is 0 Å². The predicted octanol–water partition coefficient (Wildman–Crippen LogP) is 14.4. The summed E-state index contributed by atoms with van der Waals surface area (Å²) in [6.07, 6.45) is 0. The standard InChI is InChI=1S/C60H64P2/c1-57(2,3)43-23-31-47(32-24-43)61(48-33-25-44(26-34-48)58(4,5)6)53-39-21-41-17-13-15-19-51(41)55(53)56-52-20-16-14-18-42(52)22-40-54(56)62(49-35-27-45(28-36-49)59(7,8)9)50-37-29-46(30-38-50)60(10,11)12/h13-40H,1-12H3. The highest BCUT2D eigenvalue weighted by atomic mass is 31.1. The molecule has 0 aliphatic heterocycles. The first-order chi connectivity index (χ1) is 29.3. The largest absolute Gasteiger partial charge is 0.0616 e. The second-order valence-electron chi connectivity index (χ2n) is 21.2. The van der Waals surface area contributed by atoms with Crippen molar-refractivity contribution in [3.05, 3.63) is 192 Å². The lowest BCUT2D eigenvalue weighted by Crippen LogP contribution is -2.27. The second kappa shape index (κ2) is 16.7. The summed E-state index contributed by atoms with van der Waals surface area (Å²) in [4.78, 5) is 0. The number of hydrogen-bond acceptors (Lipinski definition) is 0. The fourth-order valence-corrected chi connectivity index (χ4v) is 13.6. The predicted molar refractivity (Wildman–Crippen MR) is 279 cm³/mol. The molecule has 0 bridgehead atoms. The van der Waals surface area contributed by atoms with Gasteiger partial charge in [-0.15, -0.1) is 0 Å². The molecule has 0 unspecified atom stereocenters. The molecule has 0 saturated carbocycles. The Morgan fingerprint density at radius 1 is 0.258 bits per heavy atom. The van der Waals surface area contributed by atoms with E-state index >= 15 is 0 Å². The van der Waals surface area contributed by atoms with Crippen molar-refractivity contribution >= 4 is 69.2 Å². The summed E-state index contributed by atoms with van der Waals surface area (Å²) in [5.74, 6) is 0. The van der Waals surface area contributed by atoms with Gasteiger partial charge in [-0.3, -0.25) is 0 Å². The highest BCUT2D eigenvalue weighted by Crippen LogP contribution is 2.46. The molecular weight excluding hydrogens is 783 g/mol. The quantitative estimate of drug-likeness (QED) is 0.140. The monoisotopic (exact) mass is 846 g/mol. The fraction of sp³-hybridized carbons (Fsp3) is 0.267. The van der Waals surface area contributed by atoms with Crippen LogP contribution in [0, 0.1) is 0 Å². The first kappa shape index (κ1) is 43.8. The minimum Gasteiger partial charge on any atom is -0.0616 e. The molecule has 0 nitrogen and oxygen atoms in total. The van der Waals surface area contributed by atoms with Gasteiger partial charge in [0.25, 0.3) is 0 Å². The van der Waals surface area contributed by atoms with Crippen LogP contribution in [0.1, 0.15) is 105 Å². The summed E-state index contributed by atoms with van der Waals surface area (Å²) in [6.45, 7) is 27.7. The van der Waals surface area contributed by atoms with E-state index in [9.17, 15) is 0 Å². The zero-order valence-corrected chi connectivity index (χ0v) is 40.8. The molecule has 0 amide bonds. The van der Waals surface area contributed by atoms with E-state index in [2.05, 4.69) is 253 Å². The minimum absolute atomic E-state index is 0.0644. The highest BCUT2D eigenvalue weighted by molar-refractivity contribution is 7.80. The molecule has 0 aliphatic carbocycles. The molecule has 314 valence electrons. The Balaban J connectivity index is 1.48. The van der Waals surface area contributed by atoms with Crippen LogP contribution in [0.15, 0.2) is 170 Å². The lowest BCUT2D eigenvalue weighted by Gasteiger charge is -2.30. The van der Waals surface area contributed by atoms with Crippen molar-refractivity contribution in [2.24, 2.45) is 0 Å². The van der Waals surface area contributed by atoms with Crippen LogP contribution < -0.4 is 31.8 Å². The van der Waals surface area contributed by atoms with E-state index < -0.39 is 15.8 Å². The van der Waals surface area contributed by atoms with Gasteiger partial charge < -0.3 is 0 Å². The Hall–Kier alpha value is -4.86. The zero-order valence-electron chi connectivity index (χ0n) is 39.1. The van der Waals surface area contributed by atoms with E-state index in [1.165, 1.54) is 86.8 Å². The zero-order chi connectivity index (χ0) is 44.2. The summed E-state index contributed by atoms with van der Waals surface area (Å²) in [7, 11) is -1.97. The molecule has 2 heteroatoms. The third-order valence-electron chi connectivity index (χ3n) is 12.5. The molecule has 0 heterocycles. The lowest BCUT2D eigenvalue weighted by atomic mass is 9.87. The lowest BCUT2D eigenvalue weighted by molar-refractivity contribution is 0.590. The smallest absolute Gasteiger partial charge is 0.000884 e. The van der Waals surface area contributed by atoms with Crippen LogP contribution in [0.2, 0.25) is 0 Å². The van der Waals surface area contributed by atoms with E-state index in [1.54, 1.807) is 0 Å². The number of rotatable bonds is 7. The summed E-state index contributed by atoms with van der Waals surface area (Å²) >= 11 is 0. The molecule has 62 heavy (non-hydrogen) atoms. The summed E-state index contributed by atoms with van der Waals surface area (Å²) in [5, 5.41) is 13.4. The SMILES string of the molecule is CC(C)(C)c1ccc(P(c2ccc(C(C)(C)C)cc2)c2ccc3ccccc3c2-c2c(P(c3ccc(C(C)(C)C)cc3)c3ccc(C(C)(C)C)cc3)ccc3ccccc23)cc1. The number of hydrogen-bond donors (Lipinski definition) is 0. The van der Waals surface area contributed by atoms with Crippen molar-refractivity contribution in [1.29, 1.82) is 0 Å². The van der Waals surface area contributed by atoms with Gasteiger partial charge in [0.15, 0.2) is 0 Å². The van der Waals surface area contributed by atoms with Crippen molar-refractivity contribution < 1.29 is 0 Å². The topological polar surface area (TPSA) is 0 Å². The van der Waals surface area contributed by atoms with E-state index in [0.29, 0.717) is 0 Å². The maximum absolute atomic E-state index is 2.47. The van der Waals surface area contributed by atoms with Gasteiger partial charge in [-0.05, 0) is 124 Å². The van der Waals surface area contributed by atoms with Gasteiger partial charge in [0, 0.05) is 0 Å². The third-order valence-corrected chi connectivity index (χ3v) is 17.5. The van der Waals surface area contributed by atoms with Gasteiger partial charge in [-0.1, -0.05) is 253 Å². The summed E-state index contributed by atoms with van der Waals surface area (Å²) in [5.41, 5.74) is 8.39. The van der Waals surface area contributed by atoms with Gasteiger partial charge >= 0.3 is 0 Å². The van der Waals surface area contributed by atoms with Crippen LogP contribution in [0.5, 0.6) is 0 Å². The molecule has 0 fully saturated rings. The van der Waals surface area contributed by atoms with E-state index in [1.807, 2.05) is 0 Å². The fourth-order valence-electron chi connectivity index (χ4n) is 8.71. The van der Waals surface area contributed by atoms with Crippen LogP contribution in [0.4, 0.5) is 0 Å². The molecule has 8 aromatic carbocycles. The van der Waals surface area contributed by atoms with Crippen molar-refractivity contribution in [3.63, 3.8) is 0 Å².